The van der Waals surface area contributed by atoms with Gasteiger partial charge in [-0.2, -0.15) is 0 Å². The van der Waals surface area contributed by atoms with Crippen molar-refractivity contribution in [3.8, 4) is 11.5 Å². The zero-order chi connectivity index (χ0) is 22.4. The number of carboxylic acid groups (broad SMARTS) is 1. The summed E-state index contributed by atoms with van der Waals surface area (Å²) in [5, 5.41) is 12.9. The van der Waals surface area contributed by atoms with Crippen molar-refractivity contribution in [3.63, 3.8) is 0 Å². The quantitative estimate of drug-likeness (QED) is 0.377. The summed E-state index contributed by atoms with van der Waals surface area (Å²) in [6.07, 6.45) is 0. The smallest absolute Gasteiger partial charge is 0.337 e. The zero-order valence-electron chi connectivity index (χ0n) is 17.2. The molecule has 0 aliphatic heterocycles. The fourth-order valence-electron chi connectivity index (χ4n) is 2.97. The first-order chi connectivity index (χ1) is 14.9. The van der Waals surface area contributed by atoms with E-state index in [1.165, 1.54) is 11.6 Å². The highest BCUT2D eigenvalue weighted by Gasteiger charge is 2.14. The minimum absolute atomic E-state index is 0.0592. The molecule has 0 aromatic heterocycles. The molecular weight excluding hydrogens is 437 g/mol. The largest absolute Gasteiger partial charge is 0.490 e. The third kappa shape index (κ3) is 6.06. The number of benzene rings is 3. The second-order valence-electron chi connectivity index (χ2n) is 6.97. The van der Waals surface area contributed by atoms with Crippen molar-refractivity contribution in [1.29, 1.82) is 0 Å². The first-order valence-electron chi connectivity index (χ1n) is 9.77. The number of nitrogens with one attached hydrogen (secondary N) is 1. The molecule has 0 atom stereocenters. The lowest BCUT2D eigenvalue weighted by molar-refractivity contribution is 0.0697. The van der Waals surface area contributed by atoms with Crippen molar-refractivity contribution < 1.29 is 19.4 Å². The standard InChI is InChI=1S/C24H23Cl2NO4/c1-3-30-22-11-17(13-27-18-8-9-19(24(28)29)20(25)12-18)10-21(26)23(22)31-14-16-6-4-15(2)5-7-16/h4-12,27H,3,13-14H2,1-2H3,(H,28,29). The molecule has 5 nitrogen and oxygen atoms in total. The molecule has 0 amide bonds. The Morgan fingerprint density at radius 3 is 2.35 bits per heavy atom. The topological polar surface area (TPSA) is 67.8 Å². The van der Waals surface area contributed by atoms with Crippen LogP contribution in [-0.2, 0) is 13.2 Å². The molecule has 3 aromatic carbocycles. The molecule has 0 saturated heterocycles. The van der Waals surface area contributed by atoms with E-state index >= 15 is 0 Å². The zero-order valence-corrected chi connectivity index (χ0v) is 18.8. The summed E-state index contributed by atoms with van der Waals surface area (Å²) >= 11 is 12.5. The van der Waals surface area contributed by atoms with Crippen molar-refractivity contribution in [3.05, 3.63) is 86.9 Å². The van der Waals surface area contributed by atoms with Gasteiger partial charge in [0, 0.05) is 12.2 Å². The Hall–Kier alpha value is -2.89. The van der Waals surface area contributed by atoms with Gasteiger partial charge in [-0.15, -0.1) is 0 Å². The Labute approximate surface area is 191 Å². The SMILES string of the molecule is CCOc1cc(CNc2ccc(C(=O)O)c(Cl)c2)cc(Cl)c1OCc1ccc(C)cc1. The highest BCUT2D eigenvalue weighted by atomic mass is 35.5. The van der Waals surface area contributed by atoms with E-state index in [-0.39, 0.29) is 10.6 Å². The van der Waals surface area contributed by atoms with Gasteiger partial charge in [-0.1, -0.05) is 53.0 Å². The first-order valence-corrected chi connectivity index (χ1v) is 10.5. The maximum atomic E-state index is 11.1. The van der Waals surface area contributed by atoms with Crippen LogP contribution in [0.25, 0.3) is 0 Å². The second kappa shape index (κ2) is 10.4. The molecule has 3 rings (SSSR count). The van der Waals surface area contributed by atoms with Crippen LogP contribution in [-0.4, -0.2) is 17.7 Å². The fourth-order valence-corrected chi connectivity index (χ4v) is 3.52. The lowest BCUT2D eigenvalue weighted by Gasteiger charge is -2.16. The highest BCUT2D eigenvalue weighted by molar-refractivity contribution is 6.33. The number of ether oxygens (including phenoxy) is 2. The summed E-state index contributed by atoms with van der Waals surface area (Å²) in [5.41, 5.74) is 3.87. The summed E-state index contributed by atoms with van der Waals surface area (Å²) < 4.78 is 11.7. The van der Waals surface area contributed by atoms with Crippen LogP contribution in [0.2, 0.25) is 10.0 Å². The van der Waals surface area contributed by atoms with E-state index in [1.54, 1.807) is 12.1 Å². The average molecular weight is 460 g/mol. The van der Waals surface area contributed by atoms with Gasteiger partial charge in [0.2, 0.25) is 0 Å². The predicted molar refractivity (Wildman–Crippen MR) is 124 cm³/mol. The van der Waals surface area contributed by atoms with Gasteiger partial charge in [0.25, 0.3) is 0 Å². The third-order valence-electron chi connectivity index (χ3n) is 4.57. The molecule has 0 unspecified atom stereocenters. The van der Waals surface area contributed by atoms with Crippen LogP contribution < -0.4 is 14.8 Å². The number of anilines is 1. The monoisotopic (exact) mass is 459 g/mol. The summed E-state index contributed by atoms with van der Waals surface area (Å²) in [5.74, 6) is 0.00535. The minimum atomic E-state index is -1.06. The molecule has 31 heavy (non-hydrogen) atoms. The third-order valence-corrected chi connectivity index (χ3v) is 5.16. The van der Waals surface area contributed by atoms with Crippen LogP contribution in [0.3, 0.4) is 0 Å². The van der Waals surface area contributed by atoms with E-state index in [2.05, 4.69) is 5.32 Å². The number of carbonyl (C=O) groups is 1. The molecular formula is C24H23Cl2NO4. The van der Waals surface area contributed by atoms with Crippen molar-refractivity contribution in [2.75, 3.05) is 11.9 Å². The van der Waals surface area contributed by atoms with Crippen LogP contribution >= 0.6 is 23.2 Å². The van der Waals surface area contributed by atoms with Crippen LogP contribution in [0, 0.1) is 6.92 Å². The number of hydrogen-bond donors (Lipinski definition) is 2. The number of carboxylic acids is 1. The van der Waals surface area contributed by atoms with Crippen molar-refractivity contribution in [2.24, 2.45) is 0 Å². The molecule has 0 fully saturated rings. The molecule has 0 spiro atoms. The lowest BCUT2D eigenvalue weighted by atomic mass is 10.1. The average Bonchev–Trinajstić information content (AvgIpc) is 2.73. The van der Waals surface area contributed by atoms with E-state index in [4.69, 9.17) is 37.8 Å². The maximum Gasteiger partial charge on any atom is 0.337 e. The summed E-state index contributed by atoms with van der Waals surface area (Å²) in [6.45, 7) is 5.23. The van der Waals surface area contributed by atoms with Crippen LogP contribution in [0.15, 0.2) is 54.6 Å². The van der Waals surface area contributed by atoms with Crippen molar-refractivity contribution >= 4 is 34.9 Å². The molecule has 0 aliphatic rings. The van der Waals surface area contributed by atoms with E-state index in [0.29, 0.717) is 42.0 Å². The number of aromatic carboxylic acids is 1. The first kappa shape index (κ1) is 22.8. The van der Waals surface area contributed by atoms with Gasteiger partial charge in [0.15, 0.2) is 11.5 Å². The number of hydrogen-bond acceptors (Lipinski definition) is 4. The highest BCUT2D eigenvalue weighted by Crippen LogP contribution is 2.37. The minimum Gasteiger partial charge on any atom is -0.490 e. The molecule has 0 saturated carbocycles. The maximum absolute atomic E-state index is 11.1. The fraction of sp³-hybridized carbons (Fsp3) is 0.208. The van der Waals surface area contributed by atoms with Crippen LogP contribution in [0.5, 0.6) is 11.5 Å². The van der Waals surface area contributed by atoms with E-state index in [0.717, 1.165) is 11.1 Å². The Kier molecular flexibility index (Phi) is 7.66. The summed E-state index contributed by atoms with van der Waals surface area (Å²) in [6, 6.07) is 16.5. The normalized spacial score (nSPS) is 10.6. The van der Waals surface area contributed by atoms with Crippen LogP contribution in [0.1, 0.15) is 34.0 Å². The second-order valence-corrected chi connectivity index (χ2v) is 7.78. The van der Waals surface area contributed by atoms with Crippen molar-refractivity contribution in [1.82, 2.24) is 0 Å². The van der Waals surface area contributed by atoms with Crippen LogP contribution in [0.4, 0.5) is 5.69 Å². The molecule has 3 aromatic rings. The Bertz CT molecular complexity index is 1070. The molecule has 0 heterocycles. The van der Waals surface area contributed by atoms with Gasteiger partial charge in [-0.25, -0.2) is 4.79 Å². The molecule has 7 heteroatoms. The predicted octanol–water partition coefficient (Wildman–Crippen LogP) is 6.59. The van der Waals surface area contributed by atoms with Gasteiger partial charge in [-0.3, -0.25) is 0 Å². The molecule has 0 bridgehead atoms. The summed E-state index contributed by atoms with van der Waals surface area (Å²) in [4.78, 5) is 11.1. The lowest BCUT2D eigenvalue weighted by Crippen LogP contribution is -2.04. The number of aryl methyl sites for hydroxylation is 1. The Morgan fingerprint density at radius 2 is 1.71 bits per heavy atom. The van der Waals surface area contributed by atoms with E-state index in [9.17, 15) is 4.79 Å². The van der Waals surface area contributed by atoms with E-state index < -0.39 is 5.97 Å². The Balaban J connectivity index is 1.73. The molecule has 0 aliphatic carbocycles. The number of rotatable bonds is 9. The van der Waals surface area contributed by atoms with Gasteiger partial charge in [0.05, 0.1) is 22.2 Å². The van der Waals surface area contributed by atoms with Gasteiger partial charge in [0.1, 0.15) is 6.61 Å². The Morgan fingerprint density at radius 1 is 0.968 bits per heavy atom. The number of halogens is 2. The van der Waals surface area contributed by atoms with Gasteiger partial charge >= 0.3 is 5.97 Å². The summed E-state index contributed by atoms with van der Waals surface area (Å²) in [7, 11) is 0. The molecule has 162 valence electrons. The molecule has 0 radical (unpaired) electrons. The van der Waals surface area contributed by atoms with Crippen molar-refractivity contribution in [2.45, 2.75) is 27.0 Å². The molecule has 2 N–H and O–H groups in total. The van der Waals surface area contributed by atoms with Gasteiger partial charge < -0.3 is 19.9 Å². The van der Waals surface area contributed by atoms with E-state index in [1.807, 2.05) is 50.2 Å². The van der Waals surface area contributed by atoms with Gasteiger partial charge in [-0.05, 0) is 55.3 Å².